The topological polar surface area (TPSA) is 57.5 Å². The van der Waals surface area contributed by atoms with Gasteiger partial charge in [-0.3, -0.25) is 4.79 Å². The van der Waals surface area contributed by atoms with Crippen LogP contribution in [0.4, 0.5) is 8.78 Å². The van der Waals surface area contributed by atoms with Crippen LogP contribution < -0.4 is 10.2 Å². The maximum absolute atomic E-state index is 15.0. The van der Waals surface area contributed by atoms with Gasteiger partial charge < -0.3 is 14.0 Å². The Morgan fingerprint density at radius 2 is 2.08 bits per heavy atom. The molecule has 24 heavy (non-hydrogen) atoms. The van der Waals surface area contributed by atoms with Crippen molar-refractivity contribution in [2.45, 2.75) is 25.8 Å². The third-order valence-corrected chi connectivity index (χ3v) is 4.46. The molecule has 1 aromatic carbocycles. The van der Waals surface area contributed by atoms with Gasteiger partial charge in [-0.15, -0.1) is 0 Å². The Bertz CT molecular complexity index is 906. The Hall–Kier alpha value is -1.96. The standard InChI is InChI=1S/C16H14BrF2NO4/c1-3-24-16(22)11-13(21)10-9(18)6-8(17)14(23-2)12(10)20(15(11)19)7-4-5-7/h6-7H,3-5H2,1-2H3. The van der Waals surface area contributed by atoms with Crippen LogP contribution in [0.5, 0.6) is 5.75 Å². The Labute approximate surface area is 144 Å². The van der Waals surface area contributed by atoms with Crippen molar-refractivity contribution in [3.05, 3.63) is 38.1 Å². The van der Waals surface area contributed by atoms with E-state index in [-0.39, 0.29) is 33.8 Å². The third-order valence-electron chi connectivity index (χ3n) is 3.87. The molecule has 0 saturated heterocycles. The number of esters is 1. The molecule has 1 aromatic heterocycles. The fourth-order valence-corrected chi connectivity index (χ4v) is 3.27. The van der Waals surface area contributed by atoms with E-state index in [4.69, 9.17) is 9.47 Å². The van der Waals surface area contributed by atoms with E-state index in [0.29, 0.717) is 12.8 Å². The summed E-state index contributed by atoms with van der Waals surface area (Å²) in [5.41, 5.74) is -1.82. The molecule has 0 radical (unpaired) electrons. The lowest BCUT2D eigenvalue weighted by molar-refractivity contribution is 0.0517. The molecule has 1 heterocycles. The first-order chi connectivity index (χ1) is 11.4. The number of carbonyl (C=O) groups excluding carboxylic acids is 1. The molecule has 0 bridgehead atoms. The second kappa shape index (κ2) is 6.16. The van der Waals surface area contributed by atoms with Crippen molar-refractivity contribution in [2.24, 2.45) is 0 Å². The quantitative estimate of drug-likeness (QED) is 0.580. The molecular formula is C16H14BrF2NO4. The number of benzene rings is 1. The number of aromatic nitrogens is 1. The second-order valence-electron chi connectivity index (χ2n) is 5.41. The highest BCUT2D eigenvalue weighted by atomic mass is 79.9. The Balaban J connectivity index is 2.51. The summed E-state index contributed by atoms with van der Waals surface area (Å²) >= 11 is 3.16. The van der Waals surface area contributed by atoms with Crippen molar-refractivity contribution in [1.29, 1.82) is 0 Å². The van der Waals surface area contributed by atoms with Crippen LogP contribution in [0, 0.1) is 11.8 Å². The SMILES string of the molecule is CCOC(=O)c1c(F)n(C2CC2)c2c(OC)c(Br)cc(F)c2c1=O. The van der Waals surface area contributed by atoms with E-state index in [1.54, 1.807) is 0 Å². The number of pyridine rings is 1. The van der Waals surface area contributed by atoms with Crippen molar-refractivity contribution < 1.29 is 23.0 Å². The molecule has 0 unspecified atom stereocenters. The molecule has 1 saturated carbocycles. The molecule has 1 aliphatic carbocycles. The second-order valence-corrected chi connectivity index (χ2v) is 6.27. The van der Waals surface area contributed by atoms with Gasteiger partial charge in [0, 0.05) is 6.04 Å². The Morgan fingerprint density at radius 3 is 2.62 bits per heavy atom. The molecule has 0 atom stereocenters. The number of nitrogens with zero attached hydrogens (tertiary/aromatic N) is 1. The summed E-state index contributed by atoms with van der Waals surface area (Å²) in [4.78, 5) is 24.6. The van der Waals surface area contributed by atoms with E-state index < -0.39 is 28.7 Å². The fraction of sp³-hybridized carbons (Fsp3) is 0.375. The van der Waals surface area contributed by atoms with Crippen molar-refractivity contribution in [1.82, 2.24) is 4.57 Å². The summed E-state index contributed by atoms with van der Waals surface area (Å²) in [6, 6.07) is 0.802. The summed E-state index contributed by atoms with van der Waals surface area (Å²) < 4.78 is 40.9. The average Bonchev–Trinajstić information content (AvgIpc) is 3.32. The number of hydrogen-bond acceptors (Lipinski definition) is 4. The lowest BCUT2D eigenvalue weighted by atomic mass is 10.1. The predicted octanol–water partition coefficient (Wildman–Crippen LogP) is 3.56. The number of carbonyl (C=O) groups is 1. The zero-order valence-corrected chi connectivity index (χ0v) is 14.6. The van der Waals surface area contributed by atoms with Crippen LogP contribution >= 0.6 is 15.9 Å². The highest BCUT2D eigenvalue weighted by Crippen LogP contribution is 2.43. The van der Waals surface area contributed by atoms with Crippen LogP contribution in [0.15, 0.2) is 15.3 Å². The van der Waals surface area contributed by atoms with Crippen LogP contribution in [-0.2, 0) is 4.74 Å². The maximum Gasteiger partial charge on any atom is 0.346 e. The van der Waals surface area contributed by atoms with Crippen molar-refractivity contribution in [3.8, 4) is 5.75 Å². The molecule has 1 aliphatic rings. The van der Waals surface area contributed by atoms with Crippen molar-refractivity contribution >= 4 is 32.8 Å². The molecule has 8 heteroatoms. The first-order valence-electron chi connectivity index (χ1n) is 7.39. The lowest BCUT2D eigenvalue weighted by Gasteiger charge is -2.18. The van der Waals surface area contributed by atoms with Crippen LogP contribution in [0.25, 0.3) is 10.9 Å². The van der Waals surface area contributed by atoms with E-state index in [1.807, 2.05) is 0 Å². The zero-order valence-electron chi connectivity index (χ0n) is 13.0. The summed E-state index contributed by atoms with van der Waals surface area (Å²) in [5, 5.41) is -0.383. The van der Waals surface area contributed by atoms with Gasteiger partial charge in [0.05, 0.1) is 23.6 Å². The molecule has 0 N–H and O–H groups in total. The Morgan fingerprint density at radius 1 is 1.42 bits per heavy atom. The van der Waals surface area contributed by atoms with Gasteiger partial charge in [-0.25, -0.2) is 9.18 Å². The molecular weight excluding hydrogens is 388 g/mol. The van der Waals surface area contributed by atoms with E-state index >= 15 is 0 Å². The van der Waals surface area contributed by atoms with Gasteiger partial charge in [-0.1, -0.05) is 0 Å². The number of methoxy groups -OCH3 is 1. The first-order valence-corrected chi connectivity index (χ1v) is 8.18. The van der Waals surface area contributed by atoms with Crippen molar-refractivity contribution in [3.63, 3.8) is 0 Å². The van der Waals surface area contributed by atoms with Gasteiger partial charge >= 0.3 is 5.97 Å². The monoisotopic (exact) mass is 401 g/mol. The normalized spacial score (nSPS) is 14.0. The number of fused-ring (bicyclic) bond motifs is 1. The average molecular weight is 402 g/mol. The summed E-state index contributed by atoms with van der Waals surface area (Å²) in [7, 11) is 1.34. The molecule has 5 nitrogen and oxygen atoms in total. The number of halogens is 3. The van der Waals surface area contributed by atoms with E-state index in [0.717, 1.165) is 10.6 Å². The van der Waals surface area contributed by atoms with Gasteiger partial charge in [-0.05, 0) is 41.8 Å². The molecule has 0 spiro atoms. The van der Waals surface area contributed by atoms with Gasteiger partial charge in [0.2, 0.25) is 11.4 Å². The molecule has 128 valence electrons. The Kier molecular flexibility index (Phi) is 4.33. The van der Waals surface area contributed by atoms with Crippen LogP contribution in [0.1, 0.15) is 36.2 Å². The molecule has 2 aromatic rings. The summed E-state index contributed by atoms with van der Waals surface area (Å²) in [6.45, 7) is 1.52. The minimum absolute atomic E-state index is 0.00224. The largest absolute Gasteiger partial charge is 0.493 e. The zero-order chi connectivity index (χ0) is 17.6. The van der Waals surface area contributed by atoms with Gasteiger partial charge in [0.1, 0.15) is 11.3 Å². The minimum atomic E-state index is -1.10. The number of ether oxygens (including phenoxy) is 2. The smallest absolute Gasteiger partial charge is 0.346 e. The van der Waals surface area contributed by atoms with Crippen LogP contribution in [-0.4, -0.2) is 24.3 Å². The first kappa shape index (κ1) is 16.9. The number of rotatable bonds is 4. The molecule has 0 aliphatic heterocycles. The predicted molar refractivity (Wildman–Crippen MR) is 86.6 cm³/mol. The summed E-state index contributed by atoms with van der Waals surface area (Å²) in [6.07, 6.45) is 1.32. The highest BCUT2D eigenvalue weighted by Gasteiger charge is 2.34. The van der Waals surface area contributed by atoms with Gasteiger partial charge in [-0.2, -0.15) is 4.39 Å². The van der Waals surface area contributed by atoms with E-state index in [1.165, 1.54) is 14.0 Å². The highest BCUT2D eigenvalue weighted by molar-refractivity contribution is 9.10. The van der Waals surface area contributed by atoms with Crippen LogP contribution in [0.2, 0.25) is 0 Å². The lowest BCUT2D eigenvalue weighted by Crippen LogP contribution is -2.26. The van der Waals surface area contributed by atoms with Crippen molar-refractivity contribution in [2.75, 3.05) is 13.7 Å². The molecule has 0 amide bonds. The van der Waals surface area contributed by atoms with E-state index in [9.17, 15) is 18.4 Å². The third kappa shape index (κ3) is 2.49. The van der Waals surface area contributed by atoms with Gasteiger partial charge in [0.15, 0.2) is 11.3 Å². The van der Waals surface area contributed by atoms with E-state index in [2.05, 4.69) is 15.9 Å². The summed E-state index contributed by atoms with van der Waals surface area (Å²) in [5.74, 6) is -2.84. The van der Waals surface area contributed by atoms with Gasteiger partial charge in [0.25, 0.3) is 0 Å². The number of hydrogen-bond donors (Lipinski definition) is 0. The van der Waals surface area contributed by atoms with Crippen LogP contribution in [0.3, 0.4) is 0 Å². The fourth-order valence-electron chi connectivity index (χ4n) is 2.72. The maximum atomic E-state index is 15.0. The minimum Gasteiger partial charge on any atom is -0.493 e. The molecule has 3 rings (SSSR count). The molecule has 1 fully saturated rings.